The van der Waals surface area contributed by atoms with Gasteiger partial charge < -0.3 is 10.0 Å². The molecule has 2 atom stereocenters. The SMILES string of the molecule is CC1CC(C(=O)O)CN(C(=O)C2(c3ccc(F)cc3)CCCC2)C1. The largest absolute Gasteiger partial charge is 0.481 e. The number of hydrogen-bond donors (Lipinski definition) is 1. The number of halogens is 1. The van der Waals surface area contributed by atoms with E-state index in [1.54, 1.807) is 17.0 Å². The van der Waals surface area contributed by atoms with Gasteiger partial charge in [-0.3, -0.25) is 9.59 Å². The fourth-order valence-electron chi connectivity index (χ4n) is 4.37. The summed E-state index contributed by atoms with van der Waals surface area (Å²) in [6, 6.07) is 6.23. The summed E-state index contributed by atoms with van der Waals surface area (Å²) < 4.78 is 13.3. The molecule has 0 aromatic heterocycles. The Morgan fingerprint density at radius 2 is 1.79 bits per heavy atom. The molecule has 5 heteroatoms. The van der Waals surface area contributed by atoms with E-state index in [2.05, 4.69) is 0 Å². The van der Waals surface area contributed by atoms with Crippen LogP contribution >= 0.6 is 0 Å². The van der Waals surface area contributed by atoms with E-state index in [4.69, 9.17) is 0 Å². The van der Waals surface area contributed by atoms with Crippen molar-refractivity contribution >= 4 is 11.9 Å². The number of aliphatic carboxylic acids is 1. The molecule has 1 aromatic rings. The van der Waals surface area contributed by atoms with E-state index >= 15 is 0 Å². The molecule has 0 bridgehead atoms. The second kappa shape index (κ2) is 6.54. The lowest BCUT2D eigenvalue weighted by Gasteiger charge is -2.40. The van der Waals surface area contributed by atoms with Gasteiger partial charge in [-0.05, 0) is 42.9 Å². The second-order valence-electron chi connectivity index (χ2n) is 7.38. The van der Waals surface area contributed by atoms with Crippen LogP contribution in [0.25, 0.3) is 0 Å². The number of carbonyl (C=O) groups is 2. The number of carboxylic acids is 1. The normalized spacial score (nSPS) is 26.3. The molecule has 1 N–H and O–H groups in total. The number of amides is 1. The number of hydrogen-bond acceptors (Lipinski definition) is 2. The van der Waals surface area contributed by atoms with Crippen LogP contribution in [0.3, 0.4) is 0 Å². The quantitative estimate of drug-likeness (QED) is 0.924. The van der Waals surface area contributed by atoms with E-state index < -0.39 is 17.3 Å². The Hall–Kier alpha value is -1.91. The van der Waals surface area contributed by atoms with Gasteiger partial charge in [-0.1, -0.05) is 31.9 Å². The van der Waals surface area contributed by atoms with E-state index in [0.29, 0.717) is 13.0 Å². The molecule has 1 heterocycles. The average molecular weight is 333 g/mol. The average Bonchev–Trinajstić information content (AvgIpc) is 3.05. The summed E-state index contributed by atoms with van der Waals surface area (Å²) in [7, 11) is 0. The van der Waals surface area contributed by atoms with Crippen molar-refractivity contribution in [2.45, 2.75) is 44.4 Å². The monoisotopic (exact) mass is 333 g/mol. The van der Waals surface area contributed by atoms with Crippen molar-refractivity contribution in [3.8, 4) is 0 Å². The van der Waals surface area contributed by atoms with E-state index in [1.807, 2.05) is 6.92 Å². The fourth-order valence-corrected chi connectivity index (χ4v) is 4.37. The molecule has 1 amide bonds. The predicted molar refractivity (Wildman–Crippen MR) is 88.0 cm³/mol. The molecule has 2 fully saturated rings. The first-order valence-electron chi connectivity index (χ1n) is 8.70. The summed E-state index contributed by atoms with van der Waals surface area (Å²) in [6.45, 7) is 2.88. The third-order valence-corrected chi connectivity index (χ3v) is 5.56. The molecule has 1 saturated carbocycles. The molecule has 0 spiro atoms. The molecule has 0 radical (unpaired) electrons. The van der Waals surface area contributed by atoms with Crippen molar-refractivity contribution in [3.05, 3.63) is 35.6 Å². The molecule has 2 unspecified atom stereocenters. The zero-order valence-electron chi connectivity index (χ0n) is 14.0. The van der Waals surface area contributed by atoms with Crippen LogP contribution in [-0.2, 0) is 15.0 Å². The fraction of sp³-hybridized carbons (Fsp3) is 0.579. The Labute approximate surface area is 141 Å². The van der Waals surface area contributed by atoms with Crippen molar-refractivity contribution < 1.29 is 19.1 Å². The minimum Gasteiger partial charge on any atom is -0.481 e. The van der Waals surface area contributed by atoms with Gasteiger partial charge >= 0.3 is 5.97 Å². The van der Waals surface area contributed by atoms with Gasteiger partial charge in [0.15, 0.2) is 0 Å². The Balaban J connectivity index is 1.89. The number of nitrogens with zero attached hydrogens (tertiary/aromatic N) is 1. The minimum absolute atomic E-state index is 0.0180. The maximum atomic E-state index is 13.4. The third kappa shape index (κ3) is 3.04. The molecule has 4 nitrogen and oxygen atoms in total. The molecule has 3 rings (SSSR count). The molecule has 1 aliphatic heterocycles. The summed E-state index contributed by atoms with van der Waals surface area (Å²) >= 11 is 0. The van der Waals surface area contributed by atoms with Gasteiger partial charge in [0, 0.05) is 13.1 Å². The van der Waals surface area contributed by atoms with Crippen molar-refractivity contribution in [2.24, 2.45) is 11.8 Å². The van der Waals surface area contributed by atoms with Crippen molar-refractivity contribution in [1.82, 2.24) is 4.90 Å². The minimum atomic E-state index is -0.832. The number of likely N-dealkylation sites (tertiary alicyclic amines) is 1. The molecule has 130 valence electrons. The number of benzene rings is 1. The van der Waals surface area contributed by atoms with Crippen LogP contribution in [-0.4, -0.2) is 35.0 Å². The third-order valence-electron chi connectivity index (χ3n) is 5.56. The van der Waals surface area contributed by atoms with Crippen LogP contribution in [0.2, 0.25) is 0 Å². The maximum Gasteiger partial charge on any atom is 0.308 e. The number of carboxylic acid groups (broad SMARTS) is 1. The zero-order valence-corrected chi connectivity index (χ0v) is 14.0. The number of rotatable bonds is 3. The Bertz CT molecular complexity index is 622. The maximum absolute atomic E-state index is 13.4. The van der Waals surface area contributed by atoms with Crippen LogP contribution in [0.15, 0.2) is 24.3 Å². The summed E-state index contributed by atoms with van der Waals surface area (Å²) in [5.74, 6) is -1.44. The Morgan fingerprint density at radius 3 is 2.38 bits per heavy atom. The van der Waals surface area contributed by atoms with E-state index in [-0.39, 0.29) is 24.2 Å². The Morgan fingerprint density at radius 1 is 1.17 bits per heavy atom. The van der Waals surface area contributed by atoms with Gasteiger partial charge in [-0.2, -0.15) is 0 Å². The topological polar surface area (TPSA) is 57.6 Å². The molecule has 24 heavy (non-hydrogen) atoms. The highest BCUT2D eigenvalue weighted by Crippen LogP contribution is 2.43. The lowest BCUT2D eigenvalue weighted by Crippen LogP contribution is -2.52. The summed E-state index contributed by atoms with van der Waals surface area (Å²) in [5.41, 5.74) is 0.241. The standard InChI is InChI=1S/C19H24FNO3/c1-13-10-14(17(22)23)12-21(11-13)18(24)19(8-2-3-9-19)15-4-6-16(20)7-5-15/h4-7,13-14H,2-3,8-12H2,1H3,(H,22,23). The van der Waals surface area contributed by atoms with Crippen LogP contribution in [0.4, 0.5) is 4.39 Å². The van der Waals surface area contributed by atoms with Gasteiger partial charge in [0.05, 0.1) is 11.3 Å². The molecular formula is C19H24FNO3. The molecule has 2 aliphatic rings. The molecule has 1 saturated heterocycles. The van der Waals surface area contributed by atoms with Gasteiger partial charge in [-0.15, -0.1) is 0 Å². The molecule has 1 aromatic carbocycles. The van der Waals surface area contributed by atoms with Crippen molar-refractivity contribution in [3.63, 3.8) is 0 Å². The van der Waals surface area contributed by atoms with E-state index in [1.165, 1.54) is 12.1 Å². The van der Waals surface area contributed by atoms with Crippen molar-refractivity contribution in [2.75, 3.05) is 13.1 Å². The summed E-state index contributed by atoms with van der Waals surface area (Å²) in [6.07, 6.45) is 4.05. The molecular weight excluding hydrogens is 309 g/mol. The first-order valence-corrected chi connectivity index (χ1v) is 8.70. The van der Waals surface area contributed by atoms with Gasteiger partial charge in [-0.25, -0.2) is 4.39 Å². The highest BCUT2D eigenvalue weighted by atomic mass is 19.1. The first kappa shape index (κ1) is 16.9. The van der Waals surface area contributed by atoms with Gasteiger partial charge in [0.1, 0.15) is 5.82 Å². The van der Waals surface area contributed by atoms with E-state index in [0.717, 1.165) is 31.2 Å². The van der Waals surface area contributed by atoms with Crippen molar-refractivity contribution in [1.29, 1.82) is 0 Å². The van der Waals surface area contributed by atoms with Gasteiger partial charge in [0.2, 0.25) is 5.91 Å². The number of piperidine rings is 1. The highest BCUT2D eigenvalue weighted by Gasteiger charge is 2.46. The van der Waals surface area contributed by atoms with Crippen LogP contribution in [0.1, 0.15) is 44.6 Å². The number of carbonyl (C=O) groups excluding carboxylic acids is 1. The summed E-state index contributed by atoms with van der Waals surface area (Å²) in [5, 5.41) is 9.35. The lowest BCUT2D eigenvalue weighted by molar-refractivity contribution is -0.148. The van der Waals surface area contributed by atoms with Crippen LogP contribution < -0.4 is 0 Å². The second-order valence-corrected chi connectivity index (χ2v) is 7.38. The lowest BCUT2D eigenvalue weighted by atomic mass is 9.76. The predicted octanol–water partition coefficient (Wildman–Crippen LogP) is 3.21. The van der Waals surface area contributed by atoms with Gasteiger partial charge in [0.25, 0.3) is 0 Å². The molecule has 1 aliphatic carbocycles. The highest BCUT2D eigenvalue weighted by molar-refractivity contribution is 5.89. The smallest absolute Gasteiger partial charge is 0.308 e. The van der Waals surface area contributed by atoms with E-state index in [9.17, 15) is 19.1 Å². The Kier molecular flexibility index (Phi) is 4.61. The zero-order chi connectivity index (χ0) is 17.3. The van der Waals surface area contributed by atoms with Crippen LogP contribution in [0.5, 0.6) is 0 Å². The summed E-state index contributed by atoms with van der Waals surface area (Å²) in [4.78, 5) is 26.5. The first-order chi connectivity index (χ1) is 11.4. The van der Waals surface area contributed by atoms with Crippen LogP contribution in [0, 0.1) is 17.7 Å².